The highest BCUT2D eigenvalue weighted by molar-refractivity contribution is 7.78. The summed E-state index contributed by atoms with van der Waals surface area (Å²) in [5.41, 5.74) is 8.70. The van der Waals surface area contributed by atoms with Gasteiger partial charge in [-0.15, -0.1) is 0 Å². The maximum absolute atomic E-state index is 14.1. The first kappa shape index (κ1) is 18.0. The number of hydrogen-bond donors (Lipinski definition) is 1. The molecule has 134 valence electrons. The van der Waals surface area contributed by atoms with Gasteiger partial charge in [0.1, 0.15) is 11.6 Å². The zero-order valence-electron chi connectivity index (χ0n) is 13.8. The van der Waals surface area contributed by atoms with Crippen LogP contribution in [0, 0.1) is 5.82 Å². The molecular formula is C18H15FN3O3S-. The Kier molecular flexibility index (Phi) is 5.24. The van der Waals surface area contributed by atoms with Crippen molar-refractivity contribution in [1.29, 1.82) is 0 Å². The molecule has 0 aliphatic heterocycles. The number of nitrogens with two attached hydrogens (primary N) is 1. The van der Waals surface area contributed by atoms with Gasteiger partial charge < -0.3 is 15.0 Å². The van der Waals surface area contributed by atoms with Crippen LogP contribution in [0.25, 0.3) is 22.3 Å². The highest BCUT2D eigenvalue weighted by atomic mass is 32.2. The van der Waals surface area contributed by atoms with Gasteiger partial charge in [0.2, 0.25) is 5.88 Å². The second-order valence-corrected chi connectivity index (χ2v) is 6.40. The second-order valence-electron chi connectivity index (χ2n) is 5.50. The fourth-order valence-corrected chi connectivity index (χ4v) is 2.98. The van der Waals surface area contributed by atoms with Crippen molar-refractivity contribution in [3.63, 3.8) is 0 Å². The Balaban J connectivity index is 1.99. The van der Waals surface area contributed by atoms with Gasteiger partial charge >= 0.3 is 0 Å². The molecule has 1 unspecified atom stereocenters. The van der Waals surface area contributed by atoms with Crippen LogP contribution in [0.4, 0.5) is 10.2 Å². The Hall–Kier alpha value is -2.84. The van der Waals surface area contributed by atoms with Crippen LogP contribution in [0.1, 0.15) is 5.56 Å². The van der Waals surface area contributed by atoms with E-state index in [1.165, 1.54) is 25.4 Å². The topological polar surface area (TPSA) is 101 Å². The zero-order valence-corrected chi connectivity index (χ0v) is 14.6. The summed E-state index contributed by atoms with van der Waals surface area (Å²) >= 11 is -2.35. The minimum Gasteiger partial charge on any atom is -0.772 e. The van der Waals surface area contributed by atoms with E-state index in [-0.39, 0.29) is 11.3 Å². The largest absolute Gasteiger partial charge is 0.772 e. The Morgan fingerprint density at radius 3 is 2.46 bits per heavy atom. The molecule has 1 atom stereocenters. The van der Waals surface area contributed by atoms with Gasteiger partial charge in [0.05, 0.1) is 7.11 Å². The molecule has 3 aromatic rings. The van der Waals surface area contributed by atoms with Crippen molar-refractivity contribution in [3.8, 4) is 28.1 Å². The monoisotopic (exact) mass is 372 g/mol. The Labute approximate surface area is 152 Å². The van der Waals surface area contributed by atoms with Crippen molar-refractivity contribution < 1.29 is 17.9 Å². The van der Waals surface area contributed by atoms with Crippen molar-refractivity contribution in [1.82, 2.24) is 9.97 Å². The van der Waals surface area contributed by atoms with Crippen molar-refractivity contribution in [3.05, 3.63) is 60.2 Å². The molecule has 26 heavy (non-hydrogen) atoms. The first-order valence-corrected chi connectivity index (χ1v) is 8.83. The first-order chi connectivity index (χ1) is 12.5. The van der Waals surface area contributed by atoms with E-state index in [4.69, 9.17) is 10.5 Å². The third-order valence-electron chi connectivity index (χ3n) is 3.83. The van der Waals surface area contributed by atoms with Crippen LogP contribution in [-0.2, 0) is 16.8 Å². The predicted octanol–water partition coefficient (Wildman–Crippen LogP) is 2.92. The van der Waals surface area contributed by atoms with E-state index < -0.39 is 16.9 Å². The molecule has 0 spiro atoms. The number of aromatic nitrogens is 2. The van der Waals surface area contributed by atoms with Gasteiger partial charge in [-0.25, -0.2) is 14.4 Å². The first-order valence-electron chi connectivity index (χ1n) is 7.58. The van der Waals surface area contributed by atoms with Gasteiger partial charge in [0, 0.05) is 40.9 Å². The predicted molar refractivity (Wildman–Crippen MR) is 96.5 cm³/mol. The number of ether oxygens (including phenoxy) is 1. The highest BCUT2D eigenvalue weighted by Gasteiger charge is 2.10. The van der Waals surface area contributed by atoms with Crippen molar-refractivity contribution in [2.24, 2.45) is 0 Å². The molecule has 0 saturated heterocycles. The van der Waals surface area contributed by atoms with E-state index in [1.54, 1.807) is 30.5 Å². The number of halogens is 1. The highest BCUT2D eigenvalue weighted by Crippen LogP contribution is 2.30. The Morgan fingerprint density at radius 2 is 1.85 bits per heavy atom. The normalized spacial score (nSPS) is 12.0. The quantitative estimate of drug-likeness (QED) is 0.691. The lowest BCUT2D eigenvalue weighted by atomic mass is 10.0. The zero-order chi connectivity index (χ0) is 18.7. The summed E-state index contributed by atoms with van der Waals surface area (Å²) in [7, 11) is 1.53. The average molecular weight is 372 g/mol. The lowest BCUT2D eigenvalue weighted by Crippen LogP contribution is -1.98. The minimum absolute atomic E-state index is 0.116. The number of rotatable bonds is 5. The van der Waals surface area contributed by atoms with Crippen molar-refractivity contribution in [2.75, 3.05) is 12.8 Å². The molecular weight excluding hydrogens is 357 g/mol. The molecule has 0 fully saturated rings. The third kappa shape index (κ3) is 3.87. The molecule has 0 aliphatic carbocycles. The van der Waals surface area contributed by atoms with Gasteiger partial charge in [-0.05, 0) is 29.3 Å². The van der Waals surface area contributed by atoms with E-state index in [1.807, 2.05) is 0 Å². The van der Waals surface area contributed by atoms with Crippen molar-refractivity contribution >= 4 is 16.9 Å². The molecule has 2 aromatic heterocycles. The van der Waals surface area contributed by atoms with Crippen LogP contribution >= 0.6 is 0 Å². The maximum Gasteiger partial charge on any atom is 0.212 e. The molecule has 2 N–H and O–H groups in total. The van der Waals surface area contributed by atoms with E-state index in [2.05, 4.69) is 9.97 Å². The smallest absolute Gasteiger partial charge is 0.212 e. The summed E-state index contributed by atoms with van der Waals surface area (Å²) in [4.78, 5) is 8.32. The van der Waals surface area contributed by atoms with E-state index in [9.17, 15) is 13.2 Å². The second kappa shape index (κ2) is 7.59. The van der Waals surface area contributed by atoms with Crippen LogP contribution in [0.5, 0.6) is 5.88 Å². The summed E-state index contributed by atoms with van der Waals surface area (Å²) < 4.78 is 40.7. The Morgan fingerprint density at radius 1 is 1.12 bits per heavy atom. The standard InChI is InChI=1S/C18H16FN3O3S/c1-25-17-5-4-12(8-21-17)15-6-14(9-22-18(15)20)11-2-3-13(10-26(23)24)16(19)7-11/h2-9H,10H2,1H3,(H2,20,22)(H,23,24)/p-1. The maximum atomic E-state index is 14.1. The fourth-order valence-electron chi connectivity index (χ4n) is 2.50. The minimum atomic E-state index is -2.35. The number of hydrogen-bond acceptors (Lipinski definition) is 6. The van der Waals surface area contributed by atoms with Gasteiger partial charge in [-0.1, -0.05) is 23.2 Å². The molecule has 2 heterocycles. The van der Waals surface area contributed by atoms with Gasteiger partial charge in [-0.3, -0.25) is 4.21 Å². The van der Waals surface area contributed by atoms with E-state index in [0.717, 1.165) is 5.56 Å². The number of nitrogens with zero attached hydrogens (tertiary/aromatic N) is 2. The number of anilines is 1. The summed E-state index contributed by atoms with van der Waals surface area (Å²) in [5.74, 6) is -0.157. The van der Waals surface area contributed by atoms with Crippen molar-refractivity contribution in [2.45, 2.75) is 5.75 Å². The number of pyridine rings is 2. The molecule has 0 radical (unpaired) electrons. The van der Waals surface area contributed by atoms with E-state index >= 15 is 0 Å². The molecule has 0 bridgehead atoms. The van der Waals surface area contributed by atoms with Gasteiger partial charge in [0.15, 0.2) is 0 Å². The summed E-state index contributed by atoms with van der Waals surface area (Å²) in [6.07, 6.45) is 3.15. The summed E-state index contributed by atoms with van der Waals surface area (Å²) in [6, 6.07) is 9.67. The lowest BCUT2D eigenvalue weighted by Gasteiger charge is -2.11. The van der Waals surface area contributed by atoms with Gasteiger partial charge in [-0.2, -0.15) is 0 Å². The summed E-state index contributed by atoms with van der Waals surface area (Å²) in [5, 5.41) is 0. The van der Waals surface area contributed by atoms with Crippen LogP contribution in [-0.4, -0.2) is 25.8 Å². The molecule has 6 nitrogen and oxygen atoms in total. The average Bonchev–Trinajstić information content (AvgIpc) is 2.64. The third-order valence-corrected chi connectivity index (χ3v) is 4.38. The fraction of sp³-hybridized carbons (Fsp3) is 0.111. The molecule has 0 saturated carbocycles. The number of benzene rings is 1. The lowest BCUT2D eigenvalue weighted by molar-refractivity contribution is 0.398. The van der Waals surface area contributed by atoms with Crippen LogP contribution < -0.4 is 10.5 Å². The Bertz CT molecular complexity index is 964. The molecule has 8 heteroatoms. The molecule has 0 amide bonds. The van der Waals surface area contributed by atoms with Crippen LogP contribution in [0.15, 0.2) is 48.8 Å². The molecule has 0 aliphatic rings. The van der Waals surface area contributed by atoms with Gasteiger partial charge in [0.25, 0.3) is 0 Å². The molecule has 3 rings (SSSR count). The van der Waals surface area contributed by atoms with Crippen LogP contribution in [0.3, 0.4) is 0 Å². The number of methoxy groups -OCH3 is 1. The molecule has 1 aromatic carbocycles. The SMILES string of the molecule is COc1ccc(-c2cc(-c3ccc(CS(=O)[O-])c(F)c3)cnc2N)cn1. The number of nitrogen functional groups attached to an aromatic ring is 1. The van der Waals surface area contributed by atoms with Crippen LogP contribution in [0.2, 0.25) is 0 Å². The van der Waals surface area contributed by atoms with E-state index in [0.29, 0.717) is 28.4 Å². The summed E-state index contributed by atoms with van der Waals surface area (Å²) in [6.45, 7) is 0.